The lowest BCUT2D eigenvalue weighted by Gasteiger charge is -2.12. The van der Waals surface area contributed by atoms with Crippen molar-refractivity contribution in [1.82, 2.24) is 4.90 Å². The second-order valence-electron chi connectivity index (χ2n) is 5.25. The predicted molar refractivity (Wildman–Crippen MR) is 91.0 cm³/mol. The van der Waals surface area contributed by atoms with E-state index in [1.807, 2.05) is 0 Å². The lowest BCUT2D eigenvalue weighted by molar-refractivity contribution is -0.384. The molecule has 0 aromatic heterocycles. The summed E-state index contributed by atoms with van der Waals surface area (Å²) in [5.41, 5.74) is 0.987. The summed E-state index contributed by atoms with van der Waals surface area (Å²) in [6.07, 6.45) is 1.45. The molecule has 0 aliphatic carbocycles. The highest BCUT2D eigenvalue weighted by Gasteiger charge is 2.35. The first-order valence-corrected chi connectivity index (χ1v) is 8.00. The summed E-state index contributed by atoms with van der Waals surface area (Å²) in [5.74, 6) is -0.880. The summed E-state index contributed by atoms with van der Waals surface area (Å²) >= 11 is 0.768. The standard InChI is InChI=1S/C17H11FN2O4S/c18-13-6-4-11(5-7-13)10-19-16(21)15(25-17(19)22)9-12-2-1-3-14(8-12)20(23)24/h1-9H,10H2/b15-9-. The van der Waals surface area contributed by atoms with Crippen LogP contribution in [-0.4, -0.2) is 21.0 Å². The zero-order valence-electron chi connectivity index (χ0n) is 12.7. The number of imide groups is 1. The minimum Gasteiger partial charge on any atom is -0.268 e. The quantitative estimate of drug-likeness (QED) is 0.469. The molecule has 0 N–H and O–H groups in total. The van der Waals surface area contributed by atoms with Crippen molar-refractivity contribution in [3.8, 4) is 0 Å². The molecule has 2 amide bonds. The molecular weight excluding hydrogens is 347 g/mol. The average molecular weight is 358 g/mol. The Balaban J connectivity index is 1.82. The molecule has 0 atom stereocenters. The van der Waals surface area contributed by atoms with Crippen molar-refractivity contribution in [3.05, 3.63) is 80.5 Å². The first kappa shape index (κ1) is 16.8. The van der Waals surface area contributed by atoms with E-state index in [1.165, 1.54) is 48.5 Å². The topological polar surface area (TPSA) is 80.5 Å². The van der Waals surface area contributed by atoms with Gasteiger partial charge in [0.05, 0.1) is 16.4 Å². The number of nitro benzene ring substituents is 1. The van der Waals surface area contributed by atoms with E-state index in [9.17, 15) is 24.1 Å². The minimum atomic E-state index is -0.530. The van der Waals surface area contributed by atoms with Gasteiger partial charge in [0.2, 0.25) is 0 Å². The third-order valence-electron chi connectivity index (χ3n) is 3.51. The minimum absolute atomic E-state index is 0.0389. The summed E-state index contributed by atoms with van der Waals surface area (Å²) in [6.45, 7) is 0.0389. The van der Waals surface area contributed by atoms with E-state index in [4.69, 9.17) is 0 Å². The van der Waals surface area contributed by atoms with Gasteiger partial charge < -0.3 is 0 Å². The Morgan fingerprint density at radius 2 is 1.88 bits per heavy atom. The Morgan fingerprint density at radius 3 is 2.56 bits per heavy atom. The zero-order chi connectivity index (χ0) is 18.0. The lowest BCUT2D eigenvalue weighted by Crippen LogP contribution is -2.27. The molecule has 0 radical (unpaired) electrons. The zero-order valence-corrected chi connectivity index (χ0v) is 13.5. The van der Waals surface area contributed by atoms with Crippen LogP contribution in [0.5, 0.6) is 0 Å². The highest BCUT2D eigenvalue weighted by atomic mass is 32.2. The molecule has 0 saturated carbocycles. The first-order valence-electron chi connectivity index (χ1n) is 7.18. The number of carbonyl (C=O) groups is 2. The maximum atomic E-state index is 12.9. The highest BCUT2D eigenvalue weighted by Crippen LogP contribution is 2.33. The monoisotopic (exact) mass is 358 g/mol. The van der Waals surface area contributed by atoms with Crippen LogP contribution in [0.2, 0.25) is 0 Å². The molecule has 8 heteroatoms. The number of benzene rings is 2. The van der Waals surface area contributed by atoms with Gasteiger partial charge in [-0.3, -0.25) is 24.6 Å². The number of nitrogens with zero attached hydrogens (tertiary/aromatic N) is 2. The molecule has 0 bridgehead atoms. The maximum absolute atomic E-state index is 12.9. The SMILES string of the molecule is O=C1S/C(=C\c2cccc([N+](=O)[O-])c2)C(=O)N1Cc1ccc(F)cc1. The summed E-state index contributed by atoms with van der Waals surface area (Å²) in [7, 11) is 0. The van der Waals surface area contributed by atoms with E-state index in [0.717, 1.165) is 16.7 Å². The molecule has 1 heterocycles. The fraction of sp³-hybridized carbons (Fsp3) is 0.0588. The number of thioether (sulfide) groups is 1. The van der Waals surface area contributed by atoms with Gasteiger partial charge >= 0.3 is 0 Å². The van der Waals surface area contributed by atoms with Gasteiger partial charge in [-0.15, -0.1) is 0 Å². The van der Waals surface area contributed by atoms with Crippen LogP contribution in [-0.2, 0) is 11.3 Å². The van der Waals surface area contributed by atoms with Crippen molar-refractivity contribution in [2.75, 3.05) is 0 Å². The van der Waals surface area contributed by atoms with Gasteiger partial charge in [-0.25, -0.2) is 4.39 Å². The van der Waals surface area contributed by atoms with Crippen molar-refractivity contribution in [3.63, 3.8) is 0 Å². The van der Waals surface area contributed by atoms with Gasteiger partial charge in [0.1, 0.15) is 5.82 Å². The number of nitro groups is 1. The van der Waals surface area contributed by atoms with Gasteiger partial charge in [0.15, 0.2) is 0 Å². The predicted octanol–water partition coefficient (Wildman–Crippen LogP) is 3.97. The van der Waals surface area contributed by atoms with Crippen molar-refractivity contribution in [2.24, 2.45) is 0 Å². The summed E-state index contributed by atoms with van der Waals surface area (Å²) in [4.78, 5) is 36.0. The van der Waals surface area contributed by atoms with E-state index < -0.39 is 21.9 Å². The number of non-ortho nitro benzene ring substituents is 1. The number of amides is 2. The van der Waals surface area contributed by atoms with Crippen molar-refractivity contribution in [1.29, 1.82) is 0 Å². The number of hydrogen-bond donors (Lipinski definition) is 0. The summed E-state index contributed by atoms with van der Waals surface area (Å²) in [6, 6.07) is 11.3. The molecule has 0 spiro atoms. The molecule has 3 rings (SSSR count). The fourth-order valence-corrected chi connectivity index (χ4v) is 3.13. The molecule has 2 aromatic carbocycles. The van der Waals surface area contributed by atoms with Gasteiger partial charge in [0.25, 0.3) is 16.8 Å². The van der Waals surface area contributed by atoms with Crippen molar-refractivity contribution in [2.45, 2.75) is 6.54 Å². The smallest absolute Gasteiger partial charge is 0.268 e. The fourth-order valence-electron chi connectivity index (χ4n) is 2.29. The average Bonchev–Trinajstić information content (AvgIpc) is 2.84. The normalized spacial score (nSPS) is 15.9. The molecule has 25 heavy (non-hydrogen) atoms. The van der Waals surface area contributed by atoms with E-state index in [-0.39, 0.29) is 17.1 Å². The van der Waals surface area contributed by atoms with Crippen LogP contribution < -0.4 is 0 Å². The van der Waals surface area contributed by atoms with Crippen molar-refractivity contribution < 1.29 is 18.9 Å². The van der Waals surface area contributed by atoms with Crippen LogP contribution >= 0.6 is 11.8 Å². The van der Waals surface area contributed by atoms with Gasteiger partial charge in [-0.05, 0) is 41.1 Å². The number of hydrogen-bond acceptors (Lipinski definition) is 5. The molecule has 6 nitrogen and oxygen atoms in total. The first-order chi connectivity index (χ1) is 11.9. The van der Waals surface area contributed by atoms with Crippen LogP contribution in [0.1, 0.15) is 11.1 Å². The number of halogens is 1. The van der Waals surface area contributed by atoms with Crippen LogP contribution in [0.4, 0.5) is 14.9 Å². The molecule has 2 aromatic rings. The molecule has 1 saturated heterocycles. The Kier molecular flexibility index (Phi) is 4.62. The van der Waals surface area contributed by atoms with Crippen LogP contribution in [0.15, 0.2) is 53.4 Å². The van der Waals surface area contributed by atoms with Crippen LogP contribution in [0, 0.1) is 15.9 Å². The number of rotatable bonds is 4. The Hall–Kier alpha value is -3.00. The van der Waals surface area contributed by atoms with Gasteiger partial charge in [-0.1, -0.05) is 24.3 Å². The molecule has 1 aliphatic rings. The van der Waals surface area contributed by atoms with Crippen LogP contribution in [0.25, 0.3) is 6.08 Å². The van der Waals surface area contributed by atoms with E-state index in [1.54, 1.807) is 6.07 Å². The molecule has 1 fully saturated rings. The third kappa shape index (κ3) is 3.74. The maximum Gasteiger partial charge on any atom is 0.293 e. The largest absolute Gasteiger partial charge is 0.293 e. The summed E-state index contributed by atoms with van der Waals surface area (Å²) < 4.78 is 12.9. The Morgan fingerprint density at radius 1 is 1.16 bits per heavy atom. The molecule has 1 aliphatic heterocycles. The summed E-state index contributed by atoms with van der Waals surface area (Å²) in [5, 5.41) is 10.4. The van der Waals surface area contributed by atoms with Gasteiger partial charge in [-0.2, -0.15) is 0 Å². The second kappa shape index (κ2) is 6.86. The van der Waals surface area contributed by atoms with E-state index >= 15 is 0 Å². The van der Waals surface area contributed by atoms with Crippen molar-refractivity contribution >= 4 is 34.7 Å². The third-order valence-corrected chi connectivity index (χ3v) is 4.41. The molecule has 0 unspecified atom stereocenters. The highest BCUT2D eigenvalue weighted by molar-refractivity contribution is 8.18. The van der Waals surface area contributed by atoms with Gasteiger partial charge in [0, 0.05) is 12.1 Å². The van der Waals surface area contributed by atoms with E-state index in [0.29, 0.717) is 11.1 Å². The molecular formula is C17H11FN2O4S. The number of carbonyl (C=O) groups excluding carboxylic acids is 2. The van der Waals surface area contributed by atoms with Crippen LogP contribution in [0.3, 0.4) is 0 Å². The Labute approximate surface area is 146 Å². The second-order valence-corrected chi connectivity index (χ2v) is 6.24. The Bertz CT molecular complexity index is 896. The molecule has 126 valence electrons. The van der Waals surface area contributed by atoms with E-state index in [2.05, 4.69) is 0 Å². The lowest BCUT2D eigenvalue weighted by atomic mass is 10.2.